The van der Waals surface area contributed by atoms with Gasteiger partial charge in [0.25, 0.3) is 11.6 Å². The van der Waals surface area contributed by atoms with Crippen LogP contribution in [0.4, 0.5) is 5.69 Å². The lowest BCUT2D eigenvalue weighted by Gasteiger charge is -2.14. The van der Waals surface area contributed by atoms with Crippen LogP contribution < -0.4 is 10.1 Å². The summed E-state index contributed by atoms with van der Waals surface area (Å²) in [6.07, 6.45) is 1.55. The van der Waals surface area contributed by atoms with E-state index in [-0.39, 0.29) is 23.9 Å². The SMILES string of the molecule is C[C@@H](NC(=O)/C(C#N)=C\c1cc(I)c(OCc2ccc([N+](=O)[O-])cc2)c(I)c1)c1ccccc1. The molecule has 0 heterocycles. The molecule has 9 heteroatoms. The molecular weight excluding hydrogens is 660 g/mol. The number of nitro groups is 1. The third-order valence-corrected chi connectivity index (χ3v) is 6.48. The topological polar surface area (TPSA) is 105 Å². The molecule has 0 aliphatic heterocycles. The Morgan fingerprint density at radius 2 is 1.76 bits per heavy atom. The molecule has 0 aliphatic rings. The number of halogens is 2. The highest BCUT2D eigenvalue weighted by Gasteiger charge is 2.15. The molecule has 0 fully saturated rings. The van der Waals surface area contributed by atoms with Gasteiger partial charge in [-0.25, -0.2) is 0 Å². The van der Waals surface area contributed by atoms with Gasteiger partial charge in [-0.2, -0.15) is 5.26 Å². The van der Waals surface area contributed by atoms with Crippen molar-refractivity contribution in [3.8, 4) is 11.8 Å². The zero-order chi connectivity index (χ0) is 24.7. The van der Waals surface area contributed by atoms with Gasteiger partial charge in [-0.05, 0) is 99.1 Å². The molecule has 3 aromatic carbocycles. The molecule has 0 saturated carbocycles. The summed E-state index contributed by atoms with van der Waals surface area (Å²) in [7, 11) is 0. The summed E-state index contributed by atoms with van der Waals surface area (Å²) >= 11 is 4.28. The number of rotatable bonds is 8. The molecule has 0 radical (unpaired) electrons. The molecule has 172 valence electrons. The van der Waals surface area contributed by atoms with Crippen LogP contribution in [0, 0.1) is 28.6 Å². The number of carbonyl (C=O) groups excluding carboxylic acids is 1. The first-order valence-corrected chi connectivity index (χ1v) is 12.3. The molecule has 3 rings (SSSR count). The van der Waals surface area contributed by atoms with Crippen molar-refractivity contribution in [2.24, 2.45) is 0 Å². The Morgan fingerprint density at radius 3 is 2.32 bits per heavy atom. The average Bonchev–Trinajstić information content (AvgIpc) is 2.82. The summed E-state index contributed by atoms with van der Waals surface area (Å²) < 4.78 is 7.57. The van der Waals surface area contributed by atoms with E-state index < -0.39 is 10.8 Å². The standard InChI is InChI=1S/C25H19I2N3O4/c1-16(19-5-3-2-4-6-19)29-25(31)20(14-28)11-18-12-22(26)24(23(27)13-18)34-15-17-7-9-21(10-8-17)30(32)33/h2-13,16H,15H2,1H3,(H,29,31)/b20-11-/t16-/m1/s1. The number of hydrogen-bond acceptors (Lipinski definition) is 5. The van der Waals surface area contributed by atoms with E-state index in [0.29, 0.717) is 11.3 Å². The summed E-state index contributed by atoms with van der Waals surface area (Å²) in [6, 6.07) is 21.1. The van der Waals surface area contributed by atoms with Gasteiger partial charge in [0.2, 0.25) is 0 Å². The Balaban J connectivity index is 1.72. The molecule has 7 nitrogen and oxygen atoms in total. The van der Waals surface area contributed by atoms with Gasteiger partial charge in [0.1, 0.15) is 24.0 Å². The number of nitro benzene ring substituents is 1. The van der Waals surface area contributed by atoms with E-state index in [0.717, 1.165) is 18.3 Å². The van der Waals surface area contributed by atoms with E-state index in [9.17, 15) is 20.2 Å². The maximum Gasteiger partial charge on any atom is 0.269 e. The van der Waals surface area contributed by atoms with Crippen molar-refractivity contribution >= 4 is 62.9 Å². The molecule has 34 heavy (non-hydrogen) atoms. The number of non-ortho nitro benzene ring substituents is 1. The minimum absolute atomic E-state index is 0.00827. The van der Waals surface area contributed by atoms with Gasteiger partial charge >= 0.3 is 0 Å². The van der Waals surface area contributed by atoms with Crippen molar-refractivity contribution in [2.45, 2.75) is 19.6 Å². The molecule has 0 saturated heterocycles. The molecule has 0 aliphatic carbocycles. The molecule has 1 N–H and O–H groups in total. The lowest BCUT2D eigenvalue weighted by atomic mass is 10.1. The monoisotopic (exact) mass is 679 g/mol. The van der Waals surface area contributed by atoms with Crippen molar-refractivity contribution in [3.05, 3.63) is 106 Å². The van der Waals surface area contributed by atoms with E-state index in [1.165, 1.54) is 12.1 Å². The molecule has 0 aromatic heterocycles. The van der Waals surface area contributed by atoms with Gasteiger partial charge in [-0.3, -0.25) is 14.9 Å². The molecular formula is C25H19I2N3O4. The average molecular weight is 679 g/mol. The van der Waals surface area contributed by atoms with Crippen LogP contribution >= 0.6 is 45.2 Å². The minimum atomic E-state index is -0.444. The highest BCUT2D eigenvalue weighted by atomic mass is 127. The zero-order valence-electron chi connectivity index (χ0n) is 18.0. The second-order valence-electron chi connectivity index (χ2n) is 7.30. The minimum Gasteiger partial charge on any atom is -0.487 e. The van der Waals surface area contributed by atoms with Crippen LogP contribution in [0.25, 0.3) is 6.08 Å². The van der Waals surface area contributed by atoms with Crippen LogP contribution in [0.1, 0.15) is 29.7 Å². The Hall–Kier alpha value is -2.98. The fourth-order valence-corrected chi connectivity index (χ4v) is 5.21. The second-order valence-corrected chi connectivity index (χ2v) is 9.63. The number of carbonyl (C=O) groups is 1. The Morgan fingerprint density at radius 1 is 1.15 bits per heavy atom. The van der Waals surface area contributed by atoms with Crippen molar-refractivity contribution in [1.29, 1.82) is 5.26 Å². The third-order valence-electron chi connectivity index (χ3n) is 4.87. The van der Waals surface area contributed by atoms with Gasteiger partial charge in [0.15, 0.2) is 0 Å². The fourth-order valence-electron chi connectivity index (χ4n) is 3.08. The molecule has 1 atom stereocenters. The first-order valence-electron chi connectivity index (χ1n) is 10.1. The normalized spacial score (nSPS) is 11.9. The van der Waals surface area contributed by atoms with E-state index >= 15 is 0 Å². The second kappa shape index (κ2) is 11.9. The van der Waals surface area contributed by atoms with Gasteiger partial charge in [-0.15, -0.1) is 0 Å². The van der Waals surface area contributed by atoms with Crippen LogP contribution in [-0.2, 0) is 11.4 Å². The first kappa shape index (κ1) is 25.6. The van der Waals surface area contributed by atoms with Gasteiger partial charge < -0.3 is 10.1 Å². The summed E-state index contributed by atoms with van der Waals surface area (Å²) in [6.45, 7) is 2.12. The maximum atomic E-state index is 12.7. The van der Waals surface area contributed by atoms with Crippen molar-refractivity contribution in [1.82, 2.24) is 5.32 Å². The Kier molecular flexibility index (Phi) is 9.00. The third kappa shape index (κ3) is 6.77. The predicted molar refractivity (Wildman–Crippen MR) is 146 cm³/mol. The number of nitrogens with zero attached hydrogens (tertiary/aromatic N) is 2. The van der Waals surface area contributed by atoms with E-state index in [4.69, 9.17) is 4.74 Å². The Bertz CT molecular complexity index is 1250. The highest BCUT2D eigenvalue weighted by Crippen LogP contribution is 2.31. The summed E-state index contributed by atoms with van der Waals surface area (Å²) in [5, 5.41) is 23.2. The number of benzene rings is 3. The molecule has 1 amide bonds. The first-order chi connectivity index (χ1) is 16.3. The number of hydrogen-bond donors (Lipinski definition) is 1. The Labute approximate surface area is 224 Å². The number of nitriles is 1. The van der Waals surface area contributed by atoms with Gasteiger partial charge in [0.05, 0.1) is 18.1 Å². The summed E-state index contributed by atoms with van der Waals surface area (Å²) in [4.78, 5) is 23.0. The number of amides is 1. The molecule has 0 bridgehead atoms. The van der Waals surface area contributed by atoms with E-state index in [1.54, 1.807) is 18.2 Å². The van der Waals surface area contributed by atoms with Crippen LogP contribution in [0.2, 0.25) is 0 Å². The predicted octanol–water partition coefficient (Wildman–Crippen LogP) is 6.17. The molecule has 0 unspecified atom stereocenters. The lowest BCUT2D eigenvalue weighted by Crippen LogP contribution is -2.27. The van der Waals surface area contributed by atoms with Crippen molar-refractivity contribution in [3.63, 3.8) is 0 Å². The van der Waals surface area contributed by atoms with Crippen molar-refractivity contribution in [2.75, 3.05) is 0 Å². The summed E-state index contributed by atoms with van der Waals surface area (Å²) in [5.41, 5.74) is 2.49. The maximum absolute atomic E-state index is 12.7. The van der Waals surface area contributed by atoms with Crippen LogP contribution in [0.3, 0.4) is 0 Å². The smallest absolute Gasteiger partial charge is 0.269 e. The van der Waals surface area contributed by atoms with E-state index in [1.807, 2.05) is 55.5 Å². The number of nitrogens with one attached hydrogen (secondary N) is 1. The van der Waals surface area contributed by atoms with Gasteiger partial charge in [0, 0.05) is 12.1 Å². The van der Waals surface area contributed by atoms with Crippen molar-refractivity contribution < 1.29 is 14.5 Å². The largest absolute Gasteiger partial charge is 0.487 e. The quantitative estimate of drug-likeness (QED) is 0.101. The molecule has 0 spiro atoms. The lowest BCUT2D eigenvalue weighted by molar-refractivity contribution is -0.384. The van der Waals surface area contributed by atoms with Crippen LogP contribution in [-0.4, -0.2) is 10.8 Å². The van der Waals surface area contributed by atoms with Gasteiger partial charge in [-0.1, -0.05) is 30.3 Å². The zero-order valence-corrected chi connectivity index (χ0v) is 22.3. The van der Waals surface area contributed by atoms with Crippen LogP contribution in [0.15, 0.2) is 72.3 Å². The highest BCUT2D eigenvalue weighted by molar-refractivity contribution is 14.1. The number of ether oxygens (including phenoxy) is 1. The summed E-state index contributed by atoms with van der Waals surface area (Å²) in [5.74, 6) is 0.222. The van der Waals surface area contributed by atoms with Crippen LogP contribution in [0.5, 0.6) is 5.75 Å². The molecule has 3 aromatic rings. The van der Waals surface area contributed by atoms with E-state index in [2.05, 4.69) is 50.5 Å². The fraction of sp³-hybridized carbons (Fsp3) is 0.120.